The molecule has 32 valence electrons. The Hall–Kier alpha value is 0.110. The lowest BCUT2D eigenvalue weighted by Crippen LogP contribution is -2.15. The van der Waals surface area contributed by atoms with E-state index in [1.807, 2.05) is 0 Å². The van der Waals surface area contributed by atoms with Crippen molar-refractivity contribution in [2.24, 2.45) is 5.14 Å². The molecule has 0 rings (SSSR count). The highest BCUT2D eigenvalue weighted by molar-refractivity contribution is 7.99. The highest BCUT2D eigenvalue weighted by atomic mass is 32.3. The van der Waals surface area contributed by atoms with Crippen molar-refractivity contribution < 1.29 is 4.21 Å². The lowest BCUT2D eigenvalue weighted by Gasteiger charge is -1.80. The molecular weight excluding hydrogens is 86.1 g/mol. The summed E-state index contributed by atoms with van der Waals surface area (Å²) in [4.78, 5) is 0. The average Bonchev–Trinajstić information content (AvgIpc) is 0.722. The van der Waals surface area contributed by atoms with Gasteiger partial charge in [0.1, 0.15) is 22.6 Å². The molecule has 0 aliphatic rings. The molecule has 0 aliphatic carbocycles. The molecule has 0 spiro atoms. The average molecular weight is 94.2 g/mol. The zero-order valence-corrected chi connectivity index (χ0v) is 4.21. The Kier molecular flexibility index (Phi) is 1.09. The van der Waals surface area contributed by atoms with Crippen LogP contribution in [0, 0.1) is 0 Å². The number of rotatable bonds is 0. The van der Waals surface area contributed by atoms with Gasteiger partial charge in [-0.25, -0.2) is 0 Å². The summed E-state index contributed by atoms with van der Waals surface area (Å²) in [6.45, 7) is 0. The Morgan fingerprint density at radius 1 is 1.60 bits per heavy atom. The molecule has 0 aromatic heterocycles. The molecule has 0 saturated carbocycles. The van der Waals surface area contributed by atoms with Gasteiger partial charge in [0.15, 0.2) is 0 Å². The zero-order chi connectivity index (χ0) is 4.50. The van der Waals surface area contributed by atoms with E-state index in [-0.39, 0.29) is 0 Å². The summed E-state index contributed by atoms with van der Waals surface area (Å²) in [5.74, 6) is 0. The highest BCUT2D eigenvalue weighted by Crippen LogP contribution is 1.70. The molecule has 0 atom stereocenters. The fourth-order valence-corrected chi connectivity index (χ4v) is 0. The molecule has 0 fully saturated rings. The molecule has 0 unspecified atom stereocenters. The molecule has 0 heterocycles. The second kappa shape index (κ2) is 1.06. The van der Waals surface area contributed by atoms with E-state index in [9.17, 15) is 4.21 Å². The third kappa shape index (κ3) is 1510. The fraction of sp³-hybridized carbons (Fsp3) is 1.00. The minimum absolute atomic E-state index is 1.49. The van der Waals surface area contributed by atoms with Crippen LogP contribution in [0.15, 0.2) is 0 Å². The van der Waals surface area contributed by atoms with Gasteiger partial charge in [-0.15, -0.1) is 0 Å². The Morgan fingerprint density at radius 3 is 1.60 bits per heavy atom. The molecule has 0 amide bonds. The van der Waals surface area contributed by atoms with Crippen LogP contribution in [0.25, 0.3) is 0 Å². The number of hydrogen-bond donors (Lipinski definition) is 1. The van der Waals surface area contributed by atoms with Crippen LogP contribution in [0.5, 0.6) is 0 Å². The van der Waals surface area contributed by atoms with E-state index in [2.05, 4.69) is 0 Å². The third-order valence-electron chi connectivity index (χ3n) is 0. The van der Waals surface area contributed by atoms with Gasteiger partial charge in [0.05, 0.1) is 0 Å². The molecule has 0 aromatic carbocycles. The van der Waals surface area contributed by atoms with Gasteiger partial charge in [-0.05, 0) is 0 Å². The van der Waals surface area contributed by atoms with Crippen LogP contribution in [0.2, 0.25) is 0 Å². The first-order valence-corrected chi connectivity index (χ1v) is 3.66. The molecule has 0 aliphatic heterocycles. The lowest BCUT2D eigenvalue weighted by molar-refractivity contribution is 0.592. The van der Waals surface area contributed by atoms with Crippen LogP contribution in [0.3, 0.4) is 0 Å². The summed E-state index contributed by atoms with van der Waals surface area (Å²) in [5.41, 5.74) is 0. The summed E-state index contributed by atoms with van der Waals surface area (Å²) in [5, 5.41) is 4.88. The van der Waals surface area contributed by atoms with E-state index in [0.717, 1.165) is 0 Å². The highest BCUT2D eigenvalue weighted by Gasteiger charge is 1.96. The largest absolute Gasteiger partial charge is 0.150 e. The fourth-order valence-electron chi connectivity index (χ4n) is 0. The van der Waals surface area contributed by atoms with E-state index in [1.54, 1.807) is 0 Å². The Morgan fingerprint density at radius 2 is 1.60 bits per heavy atom. The maximum Gasteiger partial charge on any atom is 0.146 e. The maximum absolute atomic E-state index is 9.97. The first-order valence-electron chi connectivity index (χ1n) is 1.22. The third-order valence-corrected chi connectivity index (χ3v) is 0. The van der Waals surface area contributed by atoms with Crippen LogP contribution in [0.1, 0.15) is 0 Å². The van der Waals surface area contributed by atoms with Gasteiger partial charge >= 0.3 is 0 Å². The van der Waals surface area contributed by atoms with Gasteiger partial charge < -0.3 is 0 Å². The van der Waals surface area contributed by atoms with Gasteiger partial charge in [0.25, 0.3) is 0 Å². The molecule has 0 saturated heterocycles. The second-order valence-electron chi connectivity index (χ2n) is 1.31. The number of hydrogen-bond acceptors (Lipinski definition) is 1. The monoisotopic (exact) mass is 94.0 g/mol. The Balaban J connectivity index is 3.47. The first kappa shape index (κ1) is 5.11. The summed E-state index contributed by atoms with van der Waals surface area (Å²) >= 11 is 0. The Labute approximate surface area is 32.9 Å². The van der Waals surface area contributed by atoms with Crippen molar-refractivity contribution in [2.45, 2.75) is 0 Å². The smallest absolute Gasteiger partial charge is 0.146 e. The maximum atomic E-state index is 9.97. The summed E-state index contributed by atoms with van der Waals surface area (Å²) in [6, 6.07) is 0. The van der Waals surface area contributed by atoms with Gasteiger partial charge in [-0.3, -0.25) is 0 Å². The topological polar surface area (TPSA) is 43.1 Å². The predicted molar refractivity (Wildman–Crippen MR) is 24.1 cm³/mol. The number of nitrogens with two attached hydrogens (primary N) is 1. The van der Waals surface area contributed by atoms with Gasteiger partial charge in [-0.2, -0.15) is 5.14 Å². The van der Waals surface area contributed by atoms with E-state index in [1.165, 1.54) is 12.5 Å². The van der Waals surface area contributed by atoms with E-state index in [4.69, 9.17) is 5.14 Å². The first-order chi connectivity index (χ1) is 2.00. The van der Waals surface area contributed by atoms with Gasteiger partial charge in [0.2, 0.25) is 0 Å². The molecule has 5 heavy (non-hydrogen) atoms. The van der Waals surface area contributed by atoms with Crippen LogP contribution in [-0.4, -0.2) is 12.5 Å². The lowest BCUT2D eigenvalue weighted by atomic mass is 11.9. The quantitative estimate of drug-likeness (QED) is 0.408. The van der Waals surface area contributed by atoms with Crippen molar-refractivity contribution >= 4 is 10.1 Å². The Bertz CT molecular complexity index is 55.8. The van der Waals surface area contributed by atoms with E-state index in [0.29, 0.717) is 0 Å². The molecule has 2 N–H and O–H groups in total. The summed E-state index contributed by atoms with van der Waals surface area (Å²) in [6.07, 6.45) is 2.99. The van der Waals surface area contributed by atoms with Crippen LogP contribution >= 0.6 is 0 Å². The second-order valence-corrected chi connectivity index (χ2v) is 3.93. The van der Waals surface area contributed by atoms with E-state index < -0.39 is 10.1 Å². The van der Waals surface area contributed by atoms with Crippen molar-refractivity contribution in [1.82, 2.24) is 0 Å². The predicted octanol–water partition coefficient (Wildman–Crippen LogP) is -0.381. The summed E-state index contributed by atoms with van der Waals surface area (Å²) < 4.78 is 9.97. The van der Waals surface area contributed by atoms with Crippen LogP contribution in [-0.2, 0) is 14.3 Å². The molecule has 0 radical (unpaired) electrons. The van der Waals surface area contributed by atoms with Crippen LogP contribution < -0.4 is 5.14 Å². The molecule has 3 heteroatoms. The van der Waals surface area contributed by atoms with Crippen LogP contribution in [0.4, 0.5) is 0 Å². The normalized spacial score (nSPS) is 11.8. The van der Waals surface area contributed by atoms with Crippen molar-refractivity contribution in [3.05, 3.63) is 0 Å². The molecule has 0 bridgehead atoms. The molecule has 2 nitrogen and oxygen atoms in total. The van der Waals surface area contributed by atoms with Crippen molar-refractivity contribution in [1.29, 1.82) is 0 Å². The van der Waals surface area contributed by atoms with Crippen molar-refractivity contribution in [3.63, 3.8) is 0 Å². The van der Waals surface area contributed by atoms with Gasteiger partial charge in [-0.1, -0.05) is 4.21 Å². The van der Waals surface area contributed by atoms with Gasteiger partial charge in [0, 0.05) is 0 Å². The van der Waals surface area contributed by atoms with Crippen molar-refractivity contribution in [3.8, 4) is 0 Å². The van der Waals surface area contributed by atoms with E-state index >= 15 is 0 Å². The molecular formula is C2H8NOS+. The standard InChI is InChI=1S/C2H8NOS/c1-5(2,3)4/h1-2H3,(H2,3,4)/q+1. The zero-order valence-electron chi connectivity index (χ0n) is 3.39. The minimum Gasteiger partial charge on any atom is -0.150 e. The van der Waals surface area contributed by atoms with Crippen molar-refractivity contribution in [2.75, 3.05) is 12.5 Å². The minimum atomic E-state index is -1.92. The summed E-state index contributed by atoms with van der Waals surface area (Å²) in [7, 11) is -1.92. The SMILES string of the molecule is C[S+](C)(N)=O. The molecule has 0 aromatic rings.